The van der Waals surface area contributed by atoms with Gasteiger partial charge in [0.25, 0.3) is 0 Å². The third kappa shape index (κ3) is 16.7. The second kappa shape index (κ2) is 16.2. The molecule has 0 aliphatic carbocycles. The van der Waals surface area contributed by atoms with Crippen molar-refractivity contribution in [2.75, 3.05) is 0 Å². The Morgan fingerprint density at radius 1 is 0.958 bits per heavy atom. The molecule has 0 saturated carbocycles. The summed E-state index contributed by atoms with van der Waals surface area (Å²) >= 11 is 0. The highest BCUT2D eigenvalue weighted by Gasteiger charge is 1.97. The molecule has 0 aromatic rings. The molecule has 0 spiro atoms. The molecule has 0 aliphatic rings. The van der Waals surface area contributed by atoms with Gasteiger partial charge in [0.1, 0.15) is 0 Å². The number of aliphatic carboxylic acids is 1. The van der Waals surface area contributed by atoms with Crippen LogP contribution in [-0.2, 0) is 4.79 Å². The second-order valence-electron chi connectivity index (χ2n) is 5.76. The second-order valence-corrected chi connectivity index (χ2v) is 5.76. The summed E-state index contributed by atoms with van der Waals surface area (Å²) in [6, 6.07) is 0. The molecule has 0 aliphatic heterocycles. The van der Waals surface area contributed by atoms with E-state index in [1.165, 1.54) is 19.3 Å². The van der Waals surface area contributed by atoms with Crippen molar-refractivity contribution in [2.45, 2.75) is 70.5 Å². The zero-order valence-corrected chi connectivity index (χ0v) is 14.6. The Hall–Kier alpha value is -1.65. The van der Waals surface area contributed by atoms with Gasteiger partial charge in [0.15, 0.2) is 0 Å². The number of carboxylic acid groups (broad SMARTS) is 1. The van der Waals surface area contributed by atoms with E-state index in [1.54, 1.807) is 36.5 Å². The Labute approximate surface area is 145 Å². The molecule has 0 radical (unpaired) electrons. The summed E-state index contributed by atoms with van der Waals surface area (Å²) in [5.74, 6) is -1.09. The number of rotatable bonds is 14. The van der Waals surface area contributed by atoms with Crippen LogP contribution in [0.25, 0.3) is 0 Å². The standard InChI is InChI=1S/C20H32O4/c1-2-3-4-5-6-9-13-18(21)14-10-7-8-11-15-19(22)16-12-17-20(23)24/h6-11,14-15,18-19,21-22H,2-5,12-13,16-17H2,1H3,(H,23,24)/p-1/b8-7+,9-6-,14-10+,15-11+/t18-,19-/m1/s1. The van der Waals surface area contributed by atoms with E-state index in [0.717, 1.165) is 6.42 Å². The molecule has 0 bridgehead atoms. The number of allylic oxidation sites excluding steroid dienone is 5. The fraction of sp³-hybridized carbons (Fsp3) is 0.550. The lowest BCUT2D eigenvalue weighted by molar-refractivity contribution is -0.305. The first-order chi connectivity index (χ1) is 11.6. The minimum absolute atomic E-state index is 0.0333. The lowest BCUT2D eigenvalue weighted by Crippen LogP contribution is -2.22. The minimum Gasteiger partial charge on any atom is -0.550 e. The van der Waals surface area contributed by atoms with Crippen molar-refractivity contribution in [3.63, 3.8) is 0 Å². The third-order valence-electron chi connectivity index (χ3n) is 3.40. The Kier molecular flexibility index (Phi) is 15.1. The lowest BCUT2D eigenvalue weighted by Gasteiger charge is -2.04. The van der Waals surface area contributed by atoms with Crippen molar-refractivity contribution < 1.29 is 20.1 Å². The normalized spacial score (nSPS) is 15.1. The van der Waals surface area contributed by atoms with E-state index in [0.29, 0.717) is 19.3 Å². The van der Waals surface area contributed by atoms with E-state index in [9.17, 15) is 20.1 Å². The molecule has 0 fully saturated rings. The monoisotopic (exact) mass is 335 g/mol. The van der Waals surface area contributed by atoms with Crippen LogP contribution in [0.1, 0.15) is 58.3 Å². The summed E-state index contributed by atoms with van der Waals surface area (Å²) < 4.78 is 0. The summed E-state index contributed by atoms with van der Waals surface area (Å²) in [4.78, 5) is 10.2. The summed E-state index contributed by atoms with van der Waals surface area (Å²) in [5.41, 5.74) is 0. The van der Waals surface area contributed by atoms with Crippen LogP contribution < -0.4 is 5.11 Å². The Balaban J connectivity index is 3.81. The van der Waals surface area contributed by atoms with Gasteiger partial charge in [0.05, 0.1) is 12.2 Å². The molecule has 2 N–H and O–H groups in total. The first kappa shape index (κ1) is 22.4. The predicted molar refractivity (Wildman–Crippen MR) is 96.2 cm³/mol. The molecule has 4 heteroatoms. The van der Waals surface area contributed by atoms with Crippen molar-refractivity contribution in [2.24, 2.45) is 0 Å². The molecule has 24 heavy (non-hydrogen) atoms. The summed E-state index contributed by atoms with van der Waals surface area (Å²) in [7, 11) is 0. The molecular weight excluding hydrogens is 304 g/mol. The van der Waals surface area contributed by atoms with Gasteiger partial charge < -0.3 is 20.1 Å². The quantitative estimate of drug-likeness (QED) is 0.291. The van der Waals surface area contributed by atoms with Gasteiger partial charge in [-0.15, -0.1) is 0 Å². The van der Waals surface area contributed by atoms with Crippen LogP contribution in [0.5, 0.6) is 0 Å². The van der Waals surface area contributed by atoms with Crippen LogP contribution in [0.4, 0.5) is 0 Å². The van der Waals surface area contributed by atoms with Crippen LogP contribution in [-0.4, -0.2) is 28.4 Å². The molecule has 136 valence electrons. The van der Waals surface area contributed by atoms with Crippen molar-refractivity contribution in [1.29, 1.82) is 0 Å². The molecule has 0 saturated heterocycles. The number of hydrogen-bond acceptors (Lipinski definition) is 4. The average Bonchev–Trinajstić information content (AvgIpc) is 2.53. The molecule has 2 atom stereocenters. The van der Waals surface area contributed by atoms with Crippen LogP contribution in [0.15, 0.2) is 48.6 Å². The molecule has 0 aromatic carbocycles. The van der Waals surface area contributed by atoms with E-state index in [1.807, 2.05) is 6.08 Å². The first-order valence-corrected chi connectivity index (χ1v) is 8.78. The molecular formula is C20H31O4-. The van der Waals surface area contributed by atoms with E-state index < -0.39 is 18.2 Å². The Morgan fingerprint density at radius 3 is 2.25 bits per heavy atom. The number of carbonyl (C=O) groups excluding carboxylic acids is 1. The molecule has 0 rings (SSSR count). The zero-order chi connectivity index (χ0) is 18.0. The SMILES string of the molecule is CCCCC/C=C\C[C@@H](O)/C=C/C=C/C=C/[C@@H](O)CCCC(=O)[O-]. The zero-order valence-electron chi connectivity index (χ0n) is 14.6. The highest BCUT2D eigenvalue weighted by molar-refractivity contribution is 5.64. The maximum atomic E-state index is 10.2. The minimum atomic E-state index is -1.09. The predicted octanol–water partition coefficient (Wildman–Crippen LogP) is 2.82. The van der Waals surface area contributed by atoms with Gasteiger partial charge in [-0.2, -0.15) is 0 Å². The van der Waals surface area contributed by atoms with Gasteiger partial charge in [0.2, 0.25) is 0 Å². The smallest absolute Gasteiger partial charge is 0.0758 e. The van der Waals surface area contributed by atoms with Crippen LogP contribution in [0.3, 0.4) is 0 Å². The molecule has 0 amide bonds. The van der Waals surface area contributed by atoms with Gasteiger partial charge in [-0.1, -0.05) is 68.4 Å². The molecule has 0 aromatic heterocycles. The van der Waals surface area contributed by atoms with E-state index >= 15 is 0 Å². The fourth-order valence-electron chi connectivity index (χ4n) is 2.01. The van der Waals surface area contributed by atoms with E-state index in [2.05, 4.69) is 13.0 Å². The van der Waals surface area contributed by atoms with Gasteiger partial charge in [-0.3, -0.25) is 0 Å². The summed E-state index contributed by atoms with van der Waals surface area (Å²) in [5, 5.41) is 29.6. The molecule has 4 nitrogen and oxygen atoms in total. The van der Waals surface area contributed by atoms with Crippen molar-refractivity contribution >= 4 is 5.97 Å². The van der Waals surface area contributed by atoms with Gasteiger partial charge in [-0.25, -0.2) is 0 Å². The topological polar surface area (TPSA) is 80.6 Å². The number of carbonyl (C=O) groups is 1. The van der Waals surface area contributed by atoms with E-state index in [-0.39, 0.29) is 6.42 Å². The van der Waals surface area contributed by atoms with Crippen molar-refractivity contribution in [1.82, 2.24) is 0 Å². The van der Waals surface area contributed by atoms with Crippen LogP contribution >= 0.6 is 0 Å². The van der Waals surface area contributed by atoms with Gasteiger partial charge >= 0.3 is 0 Å². The number of aliphatic hydroxyl groups excluding tert-OH is 2. The Morgan fingerprint density at radius 2 is 1.62 bits per heavy atom. The average molecular weight is 335 g/mol. The fourth-order valence-corrected chi connectivity index (χ4v) is 2.01. The third-order valence-corrected chi connectivity index (χ3v) is 3.40. The molecule has 0 unspecified atom stereocenters. The Bertz CT molecular complexity index is 421. The van der Waals surface area contributed by atoms with Crippen molar-refractivity contribution in [3.8, 4) is 0 Å². The number of carboxylic acids is 1. The van der Waals surface area contributed by atoms with Crippen molar-refractivity contribution in [3.05, 3.63) is 48.6 Å². The maximum Gasteiger partial charge on any atom is 0.0758 e. The van der Waals surface area contributed by atoms with Gasteiger partial charge in [0, 0.05) is 5.97 Å². The maximum absolute atomic E-state index is 10.2. The highest BCUT2D eigenvalue weighted by atomic mass is 16.4. The highest BCUT2D eigenvalue weighted by Crippen LogP contribution is 2.03. The largest absolute Gasteiger partial charge is 0.550 e. The number of hydrogen-bond donors (Lipinski definition) is 2. The summed E-state index contributed by atoms with van der Waals surface area (Å²) in [6.45, 7) is 2.18. The van der Waals surface area contributed by atoms with E-state index in [4.69, 9.17) is 0 Å². The van der Waals surface area contributed by atoms with Crippen LogP contribution in [0.2, 0.25) is 0 Å². The number of unbranched alkanes of at least 4 members (excludes halogenated alkanes) is 3. The lowest BCUT2D eigenvalue weighted by atomic mass is 10.1. The molecule has 0 heterocycles. The number of aliphatic hydroxyl groups is 2. The van der Waals surface area contributed by atoms with Crippen LogP contribution in [0, 0.1) is 0 Å². The van der Waals surface area contributed by atoms with Gasteiger partial charge in [-0.05, 0) is 38.5 Å². The first-order valence-electron chi connectivity index (χ1n) is 8.78. The summed E-state index contributed by atoms with van der Waals surface area (Å²) in [6.07, 6.45) is 19.4.